The van der Waals surface area contributed by atoms with Crippen LogP contribution >= 0.6 is 0 Å². The van der Waals surface area contributed by atoms with E-state index in [4.69, 9.17) is 4.74 Å². The smallest absolute Gasteiger partial charge is 0.354 e. The number of esters is 1. The topological polar surface area (TPSA) is 66.9 Å². The van der Waals surface area contributed by atoms with Crippen LogP contribution in [0, 0.1) is 6.92 Å². The predicted molar refractivity (Wildman–Crippen MR) is 108 cm³/mol. The van der Waals surface area contributed by atoms with Crippen molar-refractivity contribution in [3.8, 4) is 0 Å². The molecule has 29 heavy (non-hydrogen) atoms. The van der Waals surface area contributed by atoms with Crippen molar-refractivity contribution >= 4 is 23.5 Å². The van der Waals surface area contributed by atoms with Gasteiger partial charge in [-0.25, -0.2) is 4.79 Å². The summed E-state index contributed by atoms with van der Waals surface area (Å²) in [5.74, 6) is -0.999. The average molecular weight is 392 g/mol. The van der Waals surface area contributed by atoms with Crippen molar-refractivity contribution in [2.45, 2.75) is 51.9 Å². The predicted octanol–water partition coefficient (Wildman–Crippen LogP) is 3.43. The van der Waals surface area contributed by atoms with Gasteiger partial charge in [0.15, 0.2) is 0 Å². The third-order valence-corrected chi connectivity index (χ3v) is 5.76. The second kappa shape index (κ2) is 7.03. The van der Waals surface area contributed by atoms with Gasteiger partial charge in [0.25, 0.3) is 5.91 Å². The van der Waals surface area contributed by atoms with Crippen molar-refractivity contribution < 1.29 is 19.1 Å². The molecule has 2 aliphatic heterocycles. The number of rotatable bonds is 4. The zero-order valence-electron chi connectivity index (χ0n) is 16.8. The highest BCUT2D eigenvalue weighted by Gasteiger charge is 2.62. The number of benzene rings is 2. The highest BCUT2D eigenvalue weighted by Crippen LogP contribution is 2.46. The van der Waals surface area contributed by atoms with Crippen molar-refractivity contribution in [3.63, 3.8) is 0 Å². The van der Waals surface area contributed by atoms with E-state index in [2.05, 4.69) is 0 Å². The number of hydrogen-bond acceptors (Lipinski definition) is 4. The second-order valence-corrected chi connectivity index (χ2v) is 7.83. The molecule has 0 unspecified atom stereocenters. The van der Waals surface area contributed by atoms with Crippen LogP contribution in [0.15, 0.2) is 48.5 Å². The zero-order valence-corrected chi connectivity index (χ0v) is 16.8. The molecule has 2 heterocycles. The molecule has 6 heteroatoms. The fourth-order valence-electron chi connectivity index (χ4n) is 4.40. The third-order valence-electron chi connectivity index (χ3n) is 5.76. The SMILES string of the molecule is Cc1ccccc1COC(=O)[C@@]12CCC(=O)N1c1ccccc1C(=O)N2C(C)C. The summed E-state index contributed by atoms with van der Waals surface area (Å²) in [5.41, 5.74) is 1.37. The number of para-hydroxylation sites is 1. The molecule has 2 amide bonds. The number of anilines is 1. The first-order valence-corrected chi connectivity index (χ1v) is 9.85. The number of aryl methyl sites for hydroxylation is 1. The lowest BCUT2D eigenvalue weighted by atomic mass is 9.95. The van der Waals surface area contributed by atoms with E-state index in [1.807, 2.05) is 45.0 Å². The van der Waals surface area contributed by atoms with Gasteiger partial charge in [0.05, 0.1) is 11.3 Å². The molecule has 1 saturated heterocycles. The largest absolute Gasteiger partial charge is 0.458 e. The van der Waals surface area contributed by atoms with E-state index in [0.29, 0.717) is 11.3 Å². The minimum Gasteiger partial charge on any atom is -0.458 e. The molecule has 0 spiro atoms. The van der Waals surface area contributed by atoms with Crippen LogP contribution in [0.2, 0.25) is 0 Å². The molecule has 0 saturated carbocycles. The molecule has 2 aromatic carbocycles. The van der Waals surface area contributed by atoms with Crippen LogP contribution in [0.4, 0.5) is 5.69 Å². The summed E-state index contributed by atoms with van der Waals surface area (Å²) in [6.07, 6.45) is 0.404. The Bertz CT molecular complexity index is 1000. The highest BCUT2D eigenvalue weighted by atomic mass is 16.5. The number of carbonyl (C=O) groups excluding carboxylic acids is 3. The molecule has 0 aliphatic carbocycles. The lowest BCUT2D eigenvalue weighted by Gasteiger charge is -2.50. The Hall–Kier alpha value is -3.15. The first-order chi connectivity index (χ1) is 13.9. The summed E-state index contributed by atoms with van der Waals surface area (Å²) in [6, 6.07) is 14.3. The van der Waals surface area contributed by atoms with Gasteiger partial charge in [0.2, 0.25) is 11.6 Å². The number of carbonyl (C=O) groups is 3. The molecule has 150 valence electrons. The molecule has 0 aromatic heterocycles. The van der Waals surface area contributed by atoms with Gasteiger partial charge in [-0.15, -0.1) is 0 Å². The first kappa shape index (κ1) is 19.2. The van der Waals surface area contributed by atoms with Crippen LogP contribution < -0.4 is 4.90 Å². The summed E-state index contributed by atoms with van der Waals surface area (Å²) in [6.45, 7) is 5.75. The van der Waals surface area contributed by atoms with Gasteiger partial charge in [-0.2, -0.15) is 0 Å². The fourth-order valence-corrected chi connectivity index (χ4v) is 4.40. The van der Waals surface area contributed by atoms with E-state index in [0.717, 1.165) is 11.1 Å². The number of amides is 2. The van der Waals surface area contributed by atoms with Crippen LogP contribution in [-0.2, 0) is 20.9 Å². The molecule has 1 atom stereocenters. The van der Waals surface area contributed by atoms with E-state index >= 15 is 0 Å². The molecule has 2 aromatic rings. The summed E-state index contributed by atoms with van der Waals surface area (Å²) in [7, 11) is 0. The molecule has 1 fully saturated rings. The standard InChI is InChI=1S/C23H24N2O4/c1-15(2)24-21(27)18-10-6-7-11-19(18)25-20(26)12-13-23(24,25)22(28)29-14-17-9-5-4-8-16(17)3/h4-11,15H,12-14H2,1-3H3/t23-/m1/s1. The molecule has 0 bridgehead atoms. The van der Waals surface area contributed by atoms with Gasteiger partial charge in [-0.05, 0) is 44.0 Å². The zero-order chi connectivity index (χ0) is 20.8. The Morgan fingerprint density at radius 1 is 1.10 bits per heavy atom. The van der Waals surface area contributed by atoms with Gasteiger partial charge in [0.1, 0.15) is 6.61 Å². The van der Waals surface area contributed by atoms with Crippen molar-refractivity contribution in [1.82, 2.24) is 4.90 Å². The Morgan fingerprint density at radius 2 is 1.79 bits per heavy atom. The number of nitrogens with zero attached hydrogens (tertiary/aromatic N) is 2. The Balaban J connectivity index is 1.77. The number of ether oxygens (including phenoxy) is 1. The maximum atomic E-state index is 13.5. The van der Waals surface area contributed by atoms with Crippen molar-refractivity contribution in [3.05, 3.63) is 65.2 Å². The maximum absolute atomic E-state index is 13.5. The summed E-state index contributed by atoms with van der Waals surface area (Å²) < 4.78 is 5.72. The number of fused-ring (bicyclic) bond motifs is 3. The lowest BCUT2D eigenvalue weighted by Crippen LogP contribution is -2.70. The molecule has 2 aliphatic rings. The van der Waals surface area contributed by atoms with Crippen LogP contribution in [0.25, 0.3) is 0 Å². The number of hydrogen-bond donors (Lipinski definition) is 0. The quantitative estimate of drug-likeness (QED) is 0.748. The van der Waals surface area contributed by atoms with E-state index < -0.39 is 11.6 Å². The average Bonchev–Trinajstić information content (AvgIpc) is 3.05. The minimum atomic E-state index is -1.45. The van der Waals surface area contributed by atoms with E-state index in [9.17, 15) is 14.4 Å². The fraction of sp³-hybridized carbons (Fsp3) is 0.348. The maximum Gasteiger partial charge on any atom is 0.354 e. The summed E-state index contributed by atoms with van der Waals surface area (Å²) in [5, 5.41) is 0. The summed E-state index contributed by atoms with van der Waals surface area (Å²) in [4.78, 5) is 42.7. The Labute approximate surface area is 170 Å². The van der Waals surface area contributed by atoms with Crippen molar-refractivity contribution in [1.29, 1.82) is 0 Å². The van der Waals surface area contributed by atoms with Gasteiger partial charge < -0.3 is 9.64 Å². The summed E-state index contributed by atoms with van der Waals surface area (Å²) >= 11 is 0. The molecular weight excluding hydrogens is 368 g/mol. The van der Waals surface area contributed by atoms with Gasteiger partial charge in [0, 0.05) is 18.9 Å². The van der Waals surface area contributed by atoms with E-state index in [1.165, 1.54) is 9.80 Å². The Kier molecular flexibility index (Phi) is 4.65. The van der Waals surface area contributed by atoms with E-state index in [1.54, 1.807) is 24.3 Å². The molecule has 4 rings (SSSR count). The van der Waals surface area contributed by atoms with Crippen molar-refractivity contribution in [2.75, 3.05) is 4.90 Å². The Morgan fingerprint density at radius 3 is 2.52 bits per heavy atom. The van der Waals surface area contributed by atoms with Crippen LogP contribution in [0.5, 0.6) is 0 Å². The third kappa shape index (κ3) is 2.82. The normalized spacial score (nSPS) is 20.7. The van der Waals surface area contributed by atoms with Crippen LogP contribution in [-0.4, -0.2) is 34.4 Å². The van der Waals surface area contributed by atoms with Crippen molar-refractivity contribution in [2.24, 2.45) is 0 Å². The van der Waals surface area contributed by atoms with Gasteiger partial charge >= 0.3 is 5.97 Å². The lowest BCUT2D eigenvalue weighted by molar-refractivity contribution is -0.159. The van der Waals surface area contributed by atoms with Crippen LogP contribution in [0.3, 0.4) is 0 Å². The second-order valence-electron chi connectivity index (χ2n) is 7.83. The van der Waals surface area contributed by atoms with Gasteiger partial charge in [-0.3, -0.25) is 14.5 Å². The molecule has 6 nitrogen and oxygen atoms in total. The van der Waals surface area contributed by atoms with Gasteiger partial charge in [-0.1, -0.05) is 36.4 Å². The minimum absolute atomic E-state index is 0.0943. The molecule has 0 radical (unpaired) electrons. The highest BCUT2D eigenvalue weighted by molar-refractivity contribution is 6.15. The molecule has 0 N–H and O–H groups in total. The molecular formula is C23H24N2O4. The first-order valence-electron chi connectivity index (χ1n) is 9.85. The van der Waals surface area contributed by atoms with E-state index in [-0.39, 0.29) is 37.3 Å². The van der Waals surface area contributed by atoms with Crippen LogP contribution in [0.1, 0.15) is 48.2 Å². The monoisotopic (exact) mass is 392 g/mol.